The zero-order valence-electron chi connectivity index (χ0n) is 12.8. The summed E-state index contributed by atoms with van der Waals surface area (Å²) >= 11 is 0. The quantitative estimate of drug-likeness (QED) is 0.840. The molecular weight excluding hydrogens is 230 g/mol. The van der Waals surface area contributed by atoms with Crippen molar-refractivity contribution in [3.8, 4) is 0 Å². The van der Waals surface area contributed by atoms with E-state index in [9.17, 15) is 0 Å². The molecular formula is C18H29N. The number of aryl methyl sites for hydroxylation is 1. The average Bonchev–Trinajstić information content (AvgIpc) is 2.43. The van der Waals surface area contributed by atoms with E-state index in [0.717, 1.165) is 24.2 Å². The molecule has 3 atom stereocenters. The summed E-state index contributed by atoms with van der Waals surface area (Å²) in [6, 6.07) is 9.28. The van der Waals surface area contributed by atoms with Gasteiger partial charge in [-0.2, -0.15) is 0 Å². The zero-order chi connectivity index (χ0) is 13.7. The van der Waals surface area contributed by atoms with Gasteiger partial charge in [-0.25, -0.2) is 0 Å². The van der Waals surface area contributed by atoms with E-state index in [0.29, 0.717) is 0 Å². The highest BCUT2D eigenvalue weighted by Gasteiger charge is 2.28. The SMILES string of the molecule is CCc1ccc(CC2CC(C)CCC2CNC)cc1. The first-order valence-corrected chi connectivity index (χ1v) is 7.95. The third-order valence-corrected chi connectivity index (χ3v) is 4.80. The van der Waals surface area contributed by atoms with Gasteiger partial charge in [0.2, 0.25) is 0 Å². The van der Waals surface area contributed by atoms with Crippen molar-refractivity contribution in [2.75, 3.05) is 13.6 Å². The molecule has 0 amide bonds. The van der Waals surface area contributed by atoms with Gasteiger partial charge in [-0.3, -0.25) is 0 Å². The lowest BCUT2D eigenvalue weighted by molar-refractivity contribution is 0.186. The van der Waals surface area contributed by atoms with Crippen LogP contribution in [0.4, 0.5) is 0 Å². The predicted molar refractivity (Wildman–Crippen MR) is 83.4 cm³/mol. The molecule has 19 heavy (non-hydrogen) atoms. The van der Waals surface area contributed by atoms with Crippen molar-refractivity contribution in [1.82, 2.24) is 5.32 Å². The van der Waals surface area contributed by atoms with E-state index in [2.05, 4.69) is 50.5 Å². The third-order valence-electron chi connectivity index (χ3n) is 4.80. The highest BCUT2D eigenvalue weighted by molar-refractivity contribution is 5.23. The molecule has 1 N–H and O–H groups in total. The monoisotopic (exact) mass is 259 g/mol. The molecule has 3 unspecified atom stereocenters. The second-order valence-corrected chi connectivity index (χ2v) is 6.37. The van der Waals surface area contributed by atoms with Crippen LogP contribution in [0, 0.1) is 17.8 Å². The lowest BCUT2D eigenvalue weighted by atomic mass is 9.72. The lowest BCUT2D eigenvalue weighted by Gasteiger charge is -2.35. The van der Waals surface area contributed by atoms with Crippen molar-refractivity contribution in [3.63, 3.8) is 0 Å². The minimum Gasteiger partial charge on any atom is -0.319 e. The summed E-state index contributed by atoms with van der Waals surface area (Å²) in [6.07, 6.45) is 6.63. The minimum absolute atomic E-state index is 0.865. The molecule has 0 saturated heterocycles. The molecule has 1 nitrogen and oxygen atoms in total. The Bertz CT molecular complexity index is 368. The molecule has 1 aromatic carbocycles. The standard InChI is InChI=1S/C18H29N/c1-4-15-6-8-16(9-7-15)12-18-11-14(2)5-10-17(18)13-19-3/h6-9,14,17-19H,4-5,10-13H2,1-3H3. The maximum Gasteiger partial charge on any atom is -0.00208 e. The molecule has 1 aromatic rings. The van der Waals surface area contributed by atoms with Gasteiger partial charge in [0, 0.05) is 0 Å². The van der Waals surface area contributed by atoms with Crippen molar-refractivity contribution < 1.29 is 0 Å². The van der Waals surface area contributed by atoms with E-state index in [4.69, 9.17) is 0 Å². The Morgan fingerprint density at radius 3 is 2.37 bits per heavy atom. The highest BCUT2D eigenvalue weighted by atomic mass is 14.8. The zero-order valence-corrected chi connectivity index (χ0v) is 12.8. The number of benzene rings is 1. The van der Waals surface area contributed by atoms with Gasteiger partial charge < -0.3 is 5.32 Å². The molecule has 1 heteroatoms. The lowest BCUT2D eigenvalue weighted by Crippen LogP contribution is -2.32. The van der Waals surface area contributed by atoms with Gasteiger partial charge in [0.1, 0.15) is 0 Å². The molecule has 1 aliphatic rings. The highest BCUT2D eigenvalue weighted by Crippen LogP contribution is 2.35. The first-order valence-electron chi connectivity index (χ1n) is 7.95. The Hall–Kier alpha value is -0.820. The maximum atomic E-state index is 3.39. The summed E-state index contributed by atoms with van der Waals surface area (Å²) in [4.78, 5) is 0. The van der Waals surface area contributed by atoms with Crippen molar-refractivity contribution in [3.05, 3.63) is 35.4 Å². The van der Waals surface area contributed by atoms with E-state index in [1.54, 1.807) is 0 Å². The van der Waals surface area contributed by atoms with Gasteiger partial charge >= 0.3 is 0 Å². The molecule has 0 aliphatic heterocycles. The number of hydrogen-bond donors (Lipinski definition) is 1. The van der Waals surface area contributed by atoms with Gasteiger partial charge in [-0.05, 0) is 68.2 Å². The second kappa shape index (κ2) is 7.09. The van der Waals surface area contributed by atoms with Gasteiger partial charge in [0.05, 0.1) is 0 Å². The molecule has 0 aromatic heterocycles. The number of hydrogen-bond acceptors (Lipinski definition) is 1. The van der Waals surface area contributed by atoms with Crippen LogP contribution in [0.3, 0.4) is 0 Å². The fourth-order valence-corrected chi connectivity index (χ4v) is 3.56. The van der Waals surface area contributed by atoms with Crippen molar-refractivity contribution >= 4 is 0 Å². The fraction of sp³-hybridized carbons (Fsp3) is 0.667. The molecule has 0 bridgehead atoms. The van der Waals surface area contributed by atoms with Crippen molar-refractivity contribution in [1.29, 1.82) is 0 Å². The molecule has 1 saturated carbocycles. The maximum absolute atomic E-state index is 3.39. The smallest absolute Gasteiger partial charge is 0.00208 e. The van der Waals surface area contributed by atoms with Gasteiger partial charge in [0.25, 0.3) is 0 Å². The first-order chi connectivity index (χ1) is 9.22. The van der Waals surface area contributed by atoms with E-state index in [1.165, 1.54) is 43.4 Å². The Labute approximate surface area is 118 Å². The van der Waals surface area contributed by atoms with E-state index in [1.807, 2.05) is 0 Å². The van der Waals surface area contributed by atoms with Crippen LogP contribution in [0.5, 0.6) is 0 Å². The van der Waals surface area contributed by atoms with E-state index in [-0.39, 0.29) is 0 Å². The van der Waals surface area contributed by atoms with Gasteiger partial charge in [-0.1, -0.05) is 44.5 Å². The summed E-state index contributed by atoms with van der Waals surface area (Å²) in [5, 5.41) is 3.39. The van der Waals surface area contributed by atoms with E-state index >= 15 is 0 Å². The van der Waals surface area contributed by atoms with E-state index < -0.39 is 0 Å². The predicted octanol–water partition coefficient (Wildman–Crippen LogP) is 4.06. The molecule has 0 heterocycles. The summed E-state index contributed by atoms with van der Waals surface area (Å²) in [6.45, 7) is 5.83. The normalized spacial score (nSPS) is 27.4. The largest absolute Gasteiger partial charge is 0.319 e. The van der Waals surface area contributed by atoms with Crippen LogP contribution in [-0.4, -0.2) is 13.6 Å². The number of rotatable bonds is 5. The Kier molecular flexibility index (Phi) is 5.45. The van der Waals surface area contributed by atoms with Crippen LogP contribution >= 0.6 is 0 Å². The van der Waals surface area contributed by atoms with Crippen LogP contribution in [0.15, 0.2) is 24.3 Å². The van der Waals surface area contributed by atoms with Gasteiger partial charge in [-0.15, -0.1) is 0 Å². The summed E-state index contributed by atoms with van der Waals surface area (Å²) in [5.74, 6) is 2.64. The van der Waals surface area contributed by atoms with Crippen LogP contribution in [-0.2, 0) is 12.8 Å². The molecule has 2 rings (SSSR count). The van der Waals surface area contributed by atoms with Crippen LogP contribution in [0.25, 0.3) is 0 Å². The molecule has 1 aliphatic carbocycles. The van der Waals surface area contributed by atoms with Crippen LogP contribution in [0.2, 0.25) is 0 Å². The topological polar surface area (TPSA) is 12.0 Å². The average molecular weight is 259 g/mol. The number of nitrogens with one attached hydrogen (secondary N) is 1. The third kappa shape index (κ3) is 4.07. The summed E-state index contributed by atoms with van der Waals surface area (Å²) < 4.78 is 0. The molecule has 0 spiro atoms. The summed E-state index contributed by atoms with van der Waals surface area (Å²) in [5.41, 5.74) is 2.98. The second-order valence-electron chi connectivity index (χ2n) is 6.37. The fourth-order valence-electron chi connectivity index (χ4n) is 3.56. The van der Waals surface area contributed by atoms with Crippen molar-refractivity contribution in [2.24, 2.45) is 17.8 Å². The van der Waals surface area contributed by atoms with Crippen molar-refractivity contribution in [2.45, 2.75) is 46.0 Å². The Morgan fingerprint density at radius 2 is 1.74 bits per heavy atom. The Balaban J connectivity index is 2.00. The molecule has 106 valence electrons. The first kappa shape index (κ1) is 14.6. The molecule has 0 radical (unpaired) electrons. The minimum atomic E-state index is 0.865. The van der Waals surface area contributed by atoms with Crippen LogP contribution in [0.1, 0.15) is 44.2 Å². The van der Waals surface area contributed by atoms with Gasteiger partial charge in [0.15, 0.2) is 0 Å². The Morgan fingerprint density at radius 1 is 1.05 bits per heavy atom. The van der Waals surface area contributed by atoms with Crippen LogP contribution < -0.4 is 5.32 Å². The molecule has 1 fully saturated rings. The summed E-state index contributed by atoms with van der Waals surface area (Å²) in [7, 11) is 2.09.